The van der Waals surface area contributed by atoms with E-state index in [2.05, 4.69) is 9.97 Å². The van der Waals surface area contributed by atoms with Crippen molar-refractivity contribution >= 4 is 23.4 Å². The molecule has 7 heteroatoms. The molecule has 0 aliphatic rings. The fourth-order valence-corrected chi connectivity index (χ4v) is 2.30. The van der Waals surface area contributed by atoms with Gasteiger partial charge in [-0.1, -0.05) is 11.8 Å². The van der Waals surface area contributed by atoms with Gasteiger partial charge < -0.3 is 15.5 Å². The van der Waals surface area contributed by atoms with Gasteiger partial charge >= 0.3 is 5.97 Å². The predicted molar refractivity (Wildman–Crippen MR) is 75.8 cm³/mol. The summed E-state index contributed by atoms with van der Waals surface area (Å²) >= 11 is 1.23. The van der Waals surface area contributed by atoms with Crippen molar-refractivity contribution in [2.45, 2.75) is 17.0 Å². The Morgan fingerprint density at radius 3 is 2.95 bits per heavy atom. The van der Waals surface area contributed by atoms with Crippen LogP contribution in [0.3, 0.4) is 0 Å². The summed E-state index contributed by atoms with van der Waals surface area (Å²) in [6.45, 7) is 2.01. The van der Waals surface area contributed by atoms with Crippen LogP contribution in [0.5, 0.6) is 0 Å². The van der Waals surface area contributed by atoms with Gasteiger partial charge in [0.1, 0.15) is 0 Å². The fraction of sp³-hybridized carbons (Fsp3) is 0.154. The van der Waals surface area contributed by atoms with E-state index in [0.717, 1.165) is 4.90 Å². The first-order valence-corrected chi connectivity index (χ1v) is 6.71. The van der Waals surface area contributed by atoms with E-state index in [1.165, 1.54) is 24.0 Å². The molecule has 1 aromatic carbocycles. The molecule has 0 radical (unpaired) electrons. The smallest absolute Gasteiger partial charge is 0.340 e. The number of rotatable bonds is 4. The second-order valence-corrected chi connectivity index (χ2v) is 4.87. The number of hydrogen-bond acceptors (Lipinski definition) is 6. The van der Waals surface area contributed by atoms with E-state index in [9.17, 15) is 9.59 Å². The van der Waals surface area contributed by atoms with Crippen molar-refractivity contribution in [3.63, 3.8) is 0 Å². The second kappa shape index (κ2) is 6.25. The highest BCUT2D eigenvalue weighted by Crippen LogP contribution is 2.27. The molecule has 1 aromatic heterocycles. The van der Waals surface area contributed by atoms with Crippen molar-refractivity contribution in [3.8, 4) is 0 Å². The van der Waals surface area contributed by atoms with Crippen LogP contribution in [-0.4, -0.2) is 22.5 Å². The normalized spacial score (nSPS) is 10.2. The molecule has 1 heterocycles. The lowest BCUT2D eigenvalue weighted by atomic mass is 10.2. The Hall–Kier alpha value is -2.28. The number of H-pyrrole nitrogens is 1. The highest BCUT2D eigenvalue weighted by Gasteiger charge is 2.12. The molecule has 0 fully saturated rings. The van der Waals surface area contributed by atoms with Crippen LogP contribution in [0.1, 0.15) is 17.3 Å². The Morgan fingerprint density at radius 2 is 2.25 bits per heavy atom. The number of hydrogen-bond donors (Lipinski definition) is 2. The van der Waals surface area contributed by atoms with Crippen molar-refractivity contribution in [2.75, 3.05) is 12.3 Å². The van der Waals surface area contributed by atoms with Crippen LogP contribution in [-0.2, 0) is 4.74 Å². The van der Waals surface area contributed by atoms with Gasteiger partial charge in [-0.05, 0) is 25.1 Å². The number of carbonyl (C=O) groups is 1. The van der Waals surface area contributed by atoms with Crippen molar-refractivity contribution in [3.05, 3.63) is 46.4 Å². The number of nitrogens with one attached hydrogen (secondary N) is 1. The first-order chi connectivity index (χ1) is 9.60. The summed E-state index contributed by atoms with van der Waals surface area (Å²) in [5.74, 6) is -0.470. The first-order valence-electron chi connectivity index (χ1n) is 5.90. The number of benzene rings is 1. The largest absolute Gasteiger partial charge is 0.462 e. The summed E-state index contributed by atoms with van der Waals surface area (Å²) in [4.78, 5) is 30.3. The van der Waals surface area contributed by atoms with E-state index in [1.807, 2.05) is 0 Å². The summed E-state index contributed by atoms with van der Waals surface area (Å²) in [6, 6.07) is 6.31. The van der Waals surface area contributed by atoms with Gasteiger partial charge in [0.05, 0.1) is 12.2 Å². The molecular weight excluding hydrogens is 278 g/mol. The van der Waals surface area contributed by atoms with Crippen LogP contribution < -0.4 is 11.3 Å². The van der Waals surface area contributed by atoms with Crippen molar-refractivity contribution in [2.24, 2.45) is 0 Å². The average molecular weight is 291 g/mol. The van der Waals surface area contributed by atoms with Crippen LogP contribution in [0.25, 0.3) is 0 Å². The molecule has 0 amide bonds. The lowest BCUT2D eigenvalue weighted by Gasteiger charge is -2.07. The van der Waals surface area contributed by atoms with E-state index in [4.69, 9.17) is 10.5 Å². The second-order valence-electron chi connectivity index (χ2n) is 3.81. The van der Waals surface area contributed by atoms with E-state index < -0.39 is 5.97 Å². The van der Waals surface area contributed by atoms with E-state index in [0.29, 0.717) is 16.4 Å². The van der Waals surface area contributed by atoms with Gasteiger partial charge in [0.15, 0.2) is 5.16 Å². The predicted octanol–water partition coefficient (Wildman–Crippen LogP) is 1.68. The quantitative estimate of drug-likeness (QED) is 0.505. The molecule has 20 heavy (non-hydrogen) atoms. The van der Waals surface area contributed by atoms with Crippen LogP contribution in [0.15, 0.2) is 45.3 Å². The number of nitrogens with two attached hydrogens (primary N) is 1. The molecule has 104 valence electrons. The highest BCUT2D eigenvalue weighted by molar-refractivity contribution is 7.99. The Bertz CT molecular complexity index is 685. The molecule has 0 saturated heterocycles. The summed E-state index contributed by atoms with van der Waals surface area (Å²) < 4.78 is 4.93. The molecule has 0 bridgehead atoms. The summed E-state index contributed by atoms with van der Waals surface area (Å²) in [5.41, 5.74) is 6.17. The maximum Gasteiger partial charge on any atom is 0.340 e. The minimum absolute atomic E-state index is 0.233. The van der Waals surface area contributed by atoms with Gasteiger partial charge in [0, 0.05) is 22.8 Å². The highest BCUT2D eigenvalue weighted by atomic mass is 32.2. The molecule has 0 saturated carbocycles. The maximum atomic E-state index is 11.7. The monoisotopic (exact) mass is 291 g/mol. The van der Waals surface area contributed by atoms with Crippen molar-refractivity contribution in [1.82, 2.24) is 9.97 Å². The van der Waals surface area contributed by atoms with Gasteiger partial charge in [-0.3, -0.25) is 4.79 Å². The Labute approximate surface area is 119 Å². The van der Waals surface area contributed by atoms with Crippen LogP contribution in [0.2, 0.25) is 0 Å². The number of nitrogens with zero attached hydrogens (tertiary/aromatic N) is 1. The number of nitrogen functional groups attached to an aromatic ring is 1. The third-order valence-corrected chi connectivity index (χ3v) is 3.27. The number of aromatic nitrogens is 2. The standard InChI is InChI=1S/C13H13N3O3S/c1-2-19-12(18)9-7-8(3-4-10(9)14)20-13-15-6-5-11(17)16-13/h3-7H,2,14H2,1H3,(H,15,16,17). The molecule has 0 atom stereocenters. The van der Waals surface area contributed by atoms with E-state index in [1.54, 1.807) is 25.1 Å². The van der Waals surface area contributed by atoms with Gasteiger partial charge in [-0.2, -0.15) is 0 Å². The fourth-order valence-electron chi connectivity index (χ4n) is 1.50. The lowest BCUT2D eigenvalue weighted by Crippen LogP contribution is -2.08. The minimum Gasteiger partial charge on any atom is -0.462 e. The van der Waals surface area contributed by atoms with Crippen molar-refractivity contribution in [1.29, 1.82) is 0 Å². The molecule has 3 N–H and O–H groups in total. The number of carbonyl (C=O) groups excluding carboxylic acids is 1. The van der Waals surface area contributed by atoms with Crippen LogP contribution in [0, 0.1) is 0 Å². The summed E-state index contributed by atoms with van der Waals surface area (Å²) in [6.07, 6.45) is 1.42. The van der Waals surface area contributed by atoms with Gasteiger partial charge in [0.2, 0.25) is 0 Å². The lowest BCUT2D eigenvalue weighted by molar-refractivity contribution is 0.0527. The third kappa shape index (κ3) is 3.39. The molecule has 2 aromatic rings. The SMILES string of the molecule is CCOC(=O)c1cc(Sc2nccc(=O)[nH]2)ccc1N. The third-order valence-electron chi connectivity index (χ3n) is 2.38. The van der Waals surface area contributed by atoms with Gasteiger partial charge in [-0.15, -0.1) is 0 Å². The molecule has 0 aliphatic heterocycles. The van der Waals surface area contributed by atoms with E-state index in [-0.39, 0.29) is 12.2 Å². The summed E-state index contributed by atoms with van der Waals surface area (Å²) in [7, 11) is 0. The number of ether oxygens (including phenoxy) is 1. The number of anilines is 1. The minimum atomic E-state index is -0.470. The molecule has 6 nitrogen and oxygen atoms in total. The zero-order valence-electron chi connectivity index (χ0n) is 10.8. The zero-order valence-corrected chi connectivity index (χ0v) is 11.6. The molecule has 0 spiro atoms. The number of aromatic amines is 1. The zero-order chi connectivity index (χ0) is 14.5. The molecule has 2 rings (SSSR count). The maximum absolute atomic E-state index is 11.7. The Kier molecular flexibility index (Phi) is 4.41. The summed E-state index contributed by atoms with van der Waals surface area (Å²) in [5, 5.41) is 0.442. The average Bonchev–Trinajstić information content (AvgIpc) is 2.41. The van der Waals surface area contributed by atoms with E-state index >= 15 is 0 Å². The molecule has 0 aliphatic carbocycles. The van der Waals surface area contributed by atoms with Gasteiger partial charge in [-0.25, -0.2) is 9.78 Å². The Balaban J connectivity index is 2.27. The number of esters is 1. The topological polar surface area (TPSA) is 98.1 Å². The molecule has 0 unspecified atom stereocenters. The molecular formula is C13H13N3O3S. The van der Waals surface area contributed by atoms with Crippen LogP contribution >= 0.6 is 11.8 Å². The van der Waals surface area contributed by atoms with Crippen LogP contribution in [0.4, 0.5) is 5.69 Å². The first kappa shape index (κ1) is 14.1. The van der Waals surface area contributed by atoms with Crippen molar-refractivity contribution < 1.29 is 9.53 Å². The Morgan fingerprint density at radius 1 is 1.45 bits per heavy atom. The van der Waals surface area contributed by atoms with Gasteiger partial charge in [0.25, 0.3) is 5.56 Å².